The number of aromatic nitrogens is 4. The van der Waals surface area contributed by atoms with Crippen molar-refractivity contribution in [3.05, 3.63) is 48.0 Å². The Bertz CT molecular complexity index is 1250. The molecule has 0 spiro atoms. The predicted octanol–water partition coefficient (Wildman–Crippen LogP) is -0.774. The fourth-order valence-corrected chi connectivity index (χ4v) is 3.60. The molecule has 3 aromatic rings. The van der Waals surface area contributed by atoms with Crippen molar-refractivity contribution < 1.29 is 32.3 Å². The third-order valence-corrected chi connectivity index (χ3v) is 5.38. The molecule has 13 nitrogen and oxygen atoms in total. The molecule has 1 saturated heterocycles. The number of fused-ring (bicyclic) bond motifs is 1. The highest BCUT2D eigenvalue weighted by Gasteiger charge is 2.45. The van der Waals surface area contributed by atoms with E-state index in [-0.39, 0.29) is 17.0 Å². The normalized spacial score (nSPS) is 23.5. The molecule has 4 rings (SSSR count). The molecule has 1 aromatic carbocycles. The predicted molar refractivity (Wildman–Crippen MR) is 109 cm³/mol. The maximum Gasteiger partial charge on any atom is 0.333 e. The van der Waals surface area contributed by atoms with Crippen LogP contribution >= 0.6 is 0 Å². The summed E-state index contributed by atoms with van der Waals surface area (Å²) in [6.07, 6.45) is -2.73. The number of nitrogens with two attached hydrogens (primary N) is 1. The van der Waals surface area contributed by atoms with Crippen LogP contribution in [0.2, 0.25) is 0 Å². The molecule has 0 saturated carbocycles. The van der Waals surface area contributed by atoms with Gasteiger partial charge in [-0.1, -0.05) is 17.7 Å². The Morgan fingerprint density at radius 1 is 1.22 bits per heavy atom. The molecule has 0 bridgehead atoms. The number of aliphatic hydroxyl groups is 2. The monoisotopic (exact) mass is 464 g/mol. The van der Waals surface area contributed by atoms with Crippen molar-refractivity contribution in [2.24, 2.45) is 5.14 Å². The van der Waals surface area contributed by atoms with Crippen molar-refractivity contribution in [1.82, 2.24) is 19.5 Å². The van der Waals surface area contributed by atoms with Gasteiger partial charge in [0.05, 0.1) is 12.9 Å². The van der Waals surface area contributed by atoms with Crippen LogP contribution in [0.5, 0.6) is 0 Å². The van der Waals surface area contributed by atoms with Gasteiger partial charge in [0, 0.05) is 5.56 Å². The number of amides is 1. The third kappa shape index (κ3) is 4.45. The lowest BCUT2D eigenvalue weighted by atomic mass is 10.1. The first-order valence-electron chi connectivity index (χ1n) is 9.38. The van der Waals surface area contributed by atoms with Crippen molar-refractivity contribution in [3.8, 4) is 0 Å². The number of rotatable bonds is 6. The number of carbonyl (C=O) groups is 1. The van der Waals surface area contributed by atoms with Crippen LogP contribution in [0.4, 0.5) is 5.82 Å². The van der Waals surface area contributed by atoms with Crippen LogP contribution in [0.1, 0.15) is 22.1 Å². The summed E-state index contributed by atoms with van der Waals surface area (Å²) in [5.41, 5.74) is 1.87. The minimum absolute atomic E-state index is 0.140. The van der Waals surface area contributed by atoms with Crippen LogP contribution in [0, 0.1) is 6.92 Å². The number of nitrogens with zero attached hydrogens (tertiary/aromatic N) is 4. The lowest BCUT2D eigenvalue weighted by Gasteiger charge is -2.16. The van der Waals surface area contributed by atoms with Gasteiger partial charge in [-0.05, 0) is 19.1 Å². The summed E-state index contributed by atoms with van der Waals surface area (Å²) >= 11 is 0. The largest absolute Gasteiger partial charge is 0.387 e. The van der Waals surface area contributed by atoms with Gasteiger partial charge >= 0.3 is 10.3 Å². The van der Waals surface area contributed by atoms with E-state index < -0.39 is 47.4 Å². The van der Waals surface area contributed by atoms with Crippen LogP contribution in [-0.2, 0) is 19.2 Å². The average molecular weight is 464 g/mol. The van der Waals surface area contributed by atoms with Crippen LogP contribution in [0.15, 0.2) is 36.9 Å². The number of aryl methyl sites for hydroxylation is 1. The number of aliphatic hydroxyl groups excluding tert-OH is 2. The summed E-state index contributed by atoms with van der Waals surface area (Å²) in [6.45, 7) is 1.32. The zero-order valence-electron chi connectivity index (χ0n) is 16.7. The fourth-order valence-electron chi connectivity index (χ4n) is 3.27. The van der Waals surface area contributed by atoms with Crippen molar-refractivity contribution in [1.29, 1.82) is 0 Å². The second kappa shape index (κ2) is 8.50. The highest BCUT2D eigenvalue weighted by atomic mass is 32.2. The molecule has 32 heavy (non-hydrogen) atoms. The van der Waals surface area contributed by atoms with E-state index in [1.54, 1.807) is 24.3 Å². The first kappa shape index (κ1) is 22.2. The van der Waals surface area contributed by atoms with Crippen molar-refractivity contribution in [2.75, 3.05) is 11.9 Å². The number of benzene rings is 1. The van der Waals surface area contributed by atoms with Gasteiger partial charge in [-0.2, -0.15) is 8.42 Å². The molecule has 1 aliphatic rings. The number of ether oxygens (including phenoxy) is 1. The molecule has 0 aliphatic carbocycles. The average Bonchev–Trinajstić information content (AvgIpc) is 3.29. The molecule has 5 N–H and O–H groups in total. The Kier molecular flexibility index (Phi) is 5.89. The molecular formula is C18H20N6O7S. The second-order valence-corrected chi connectivity index (χ2v) is 8.41. The van der Waals surface area contributed by atoms with Gasteiger partial charge < -0.3 is 20.3 Å². The molecule has 2 aromatic heterocycles. The molecule has 3 heterocycles. The van der Waals surface area contributed by atoms with E-state index in [0.717, 1.165) is 5.56 Å². The summed E-state index contributed by atoms with van der Waals surface area (Å²) < 4.78 is 33.3. The Labute approximate surface area is 182 Å². The minimum Gasteiger partial charge on any atom is -0.387 e. The quantitative estimate of drug-likeness (QED) is 0.360. The lowest BCUT2D eigenvalue weighted by molar-refractivity contribution is -0.0467. The van der Waals surface area contributed by atoms with Crippen molar-refractivity contribution >= 4 is 33.2 Å². The van der Waals surface area contributed by atoms with Gasteiger partial charge in [0.1, 0.15) is 24.6 Å². The molecule has 0 radical (unpaired) electrons. The van der Waals surface area contributed by atoms with Crippen LogP contribution in [0.3, 0.4) is 0 Å². The lowest BCUT2D eigenvalue weighted by Crippen LogP contribution is -2.35. The maximum absolute atomic E-state index is 12.5. The zero-order valence-corrected chi connectivity index (χ0v) is 17.5. The van der Waals surface area contributed by atoms with Gasteiger partial charge in [-0.15, -0.1) is 0 Å². The Morgan fingerprint density at radius 2 is 1.94 bits per heavy atom. The summed E-state index contributed by atoms with van der Waals surface area (Å²) in [5, 5.41) is 28.1. The fraction of sp³-hybridized carbons (Fsp3) is 0.333. The third-order valence-electron chi connectivity index (χ3n) is 4.91. The van der Waals surface area contributed by atoms with Gasteiger partial charge in [-0.3, -0.25) is 13.5 Å². The Balaban J connectivity index is 1.57. The molecule has 170 valence electrons. The van der Waals surface area contributed by atoms with E-state index in [1.165, 1.54) is 17.2 Å². The maximum atomic E-state index is 12.5. The zero-order chi connectivity index (χ0) is 23.0. The summed E-state index contributed by atoms with van der Waals surface area (Å²) in [4.78, 5) is 24.9. The molecule has 4 atom stereocenters. The molecule has 1 fully saturated rings. The number of imidazole rings is 1. The van der Waals surface area contributed by atoms with Crippen molar-refractivity contribution in [3.63, 3.8) is 0 Å². The molecular weight excluding hydrogens is 444 g/mol. The van der Waals surface area contributed by atoms with E-state index in [1.807, 2.05) is 6.92 Å². The number of hydrogen-bond acceptors (Lipinski definition) is 10. The van der Waals surface area contributed by atoms with Gasteiger partial charge in [-0.25, -0.2) is 20.1 Å². The first-order chi connectivity index (χ1) is 15.1. The van der Waals surface area contributed by atoms with Gasteiger partial charge in [0.15, 0.2) is 23.2 Å². The van der Waals surface area contributed by atoms with E-state index >= 15 is 0 Å². The topological polar surface area (TPSA) is 192 Å². The summed E-state index contributed by atoms with van der Waals surface area (Å²) in [6, 6.07) is 6.96. The number of hydrogen-bond donors (Lipinski definition) is 4. The molecule has 0 unspecified atom stereocenters. The van der Waals surface area contributed by atoms with Crippen LogP contribution in [-0.4, -0.2) is 69.0 Å². The number of carbonyl (C=O) groups excluding carboxylic acids is 1. The molecule has 14 heteroatoms. The Hall–Kier alpha value is -3.01. The van der Waals surface area contributed by atoms with Gasteiger partial charge in [0.25, 0.3) is 5.91 Å². The van der Waals surface area contributed by atoms with E-state index in [4.69, 9.17) is 9.88 Å². The van der Waals surface area contributed by atoms with Gasteiger partial charge in [0.2, 0.25) is 0 Å². The van der Waals surface area contributed by atoms with E-state index in [0.29, 0.717) is 5.56 Å². The number of anilines is 1. The molecule has 1 aliphatic heterocycles. The summed E-state index contributed by atoms with van der Waals surface area (Å²) in [5.74, 6) is -0.256. The Morgan fingerprint density at radius 3 is 2.62 bits per heavy atom. The van der Waals surface area contributed by atoms with E-state index in [9.17, 15) is 23.4 Å². The molecule has 1 amide bonds. The first-order valence-corrected chi connectivity index (χ1v) is 10.9. The standard InChI is InChI=1S/C18H20N6O7S/c1-9-2-4-10(5-3-9)17(27)23-15-12-16(21-7-20-15)24(8-22-12)18-14(26)13(25)11(31-18)6-30-32(19,28)29/h2-5,7-8,11,13-14,18,25-26H,6H2,1H3,(H2,19,28,29)(H,20,21,23,27)/t11-,13-,14-,18-/m1/s1. The highest BCUT2D eigenvalue weighted by Crippen LogP contribution is 2.32. The number of nitrogens with one attached hydrogen (secondary N) is 1. The van der Waals surface area contributed by atoms with Crippen molar-refractivity contribution in [2.45, 2.75) is 31.5 Å². The summed E-state index contributed by atoms with van der Waals surface area (Å²) in [7, 11) is -4.25. The van der Waals surface area contributed by atoms with Crippen LogP contribution < -0.4 is 10.5 Å². The highest BCUT2D eigenvalue weighted by molar-refractivity contribution is 7.84. The van der Waals surface area contributed by atoms with E-state index in [2.05, 4.69) is 24.5 Å². The second-order valence-electron chi connectivity index (χ2n) is 7.19. The smallest absolute Gasteiger partial charge is 0.333 e. The minimum atomic E-state index is -4.25. The SMILES string of the molecule is Cc1ccc(C(=O)Nc2ncnc3c2ncn3[C@@H]2O[C@H](COS(N)(=O)=O)[C@@H](O)[C@H]2O)cc1. The van der Waals surface area contributed by atoms with Crippen LogP contribution in [0.25, 0.3) is 11.2 Å².